The molecule has 0 saturated carbocycles. The minimum absolute atomic E-state index is 0.287. The Labute approximate surface area is 190 Å². The highest BCUT2D eigenvalue weighted by Crippen LogP contribution is 2.41. The van der Waals surface area contributed by atoms with Crippen molar-refractivity contribution in [2.75, 3.05) is 6.54 Å². The van der Waals surface area contributed by atoms with Crippen molar-refractivity contribution in [3.05, 3.63) is 95.3 Å². The van der Waals surface area contributed by atoms with Gasteiger partial charge in [0, 0.05) is 29.5 Å². The summed E-state index contributed by atoms with van der Waals surface area (Å²) < 4.78 is 0. The van der Waals surface area contributed by atoms with Crippen LogP contribution in [0.5, 0.6) is 0 Å². The number of nitrogens with one attached hydrogen (secondary N) is 1. The molecule has 1 aliphatic rings. The molecule has 0 aliphatic heterocycles. The summed E-state index contributed by atoms with van der Waals surface area (Å²) in [4.78, 5) is 1.15. The molecule has 166 valence electrons. The smallest absolute Gasteiger partial charge is 0.0719 e. The molecule has 1 aromatic rings. The van der Waals surface area contributed by atoms with Crippen LogP contribution in [0.1, 0.15) is 71.3 Å². The van der Waals surface area contributed by atoms with E-state index in [1.807, 2.05) is 13.8 Å². The lowest BCUT2D eigenvalue weighted by atomic mass is 10.0. The lowest BCUT2D eigenvalue weighted by molar-refractivity contribution is 0.476. The van der Waals surface area contributed by atoms with Gasteiger partial charge in [0.25, 0.3) is 0 Å². The van der Waals surface area contributed by atoms with Gasteiger partial charge >= 0.3 is 0 Å². The van der Waals surface area contributed by atoms with Crippen molar-refractivity contribution in [2.45, 2.75) is 65.7 Å². The summed E-state index contributed by atoms with van der Waals surface area (Å²) in [5.74, 6) is 0.287. The summed E-state index contributed by atoms with van der Waals surface area (Å²) in [7, 11) is 0. The van der Waals surface area contributed by atoms with Gasteiger partial charge in [0.1, 0.15) is 0 Å². The third-order valence-electron chi connectivity index (χ3n) is 4.63. The molecule has 1 atom stereocenters. The Bertz CT molecular complexity index is 701. The molecule has 0 aromatic heterocycles. The van der Waals surface area contributed by atoms with E-state index in [1.54, 1.807) is 0 Å². The average molecular weight is 428 g/mol. The molecule has 0 heterocycles. The second kappa shape index (κ2) is 17.7. The fraction of sp³-hybridized carbons (Fsp3) is 0.407. The van der Waals surface area contributed by atoms with Crippen LogP contribution in [0.3, 0.4) is 0 Å². The van der Waals surface area contributed by atoms with E-state index in [2.05, 4.69) is 80.9 Å². The monoisotopic (exact) mass is 427 g/mol. The topological polar surface area (TPSA) is 32.3 Å². The van der Waals surface area contributed by atoms with Crippen LogP contribution in [0.15, 0.2) is 89.7 Å². The standard InChI is InChI=1S/C23H31NS.C2H4O.C2H6/c1-4-6-10-16-24-18(3)12-11-15-21-19(5-2)17-22(23(21)25)20-13-8-7-9-14-20;1-2-3;1-2/h7-9,11,13-15,17,22,24-25H,3-6,10,12,16H2,1-2H3;2-3H,1H2;1-2H3/b15-11+;;. The molecule has 0 fully saturated rings. The Morgan fingerprint density at radius 3 is 2.37 bits per heavy atom. The molecular formula is C27H41NOS. The Kier molecular flexibility index (Phi) is 16.4. The second-order valence-corrected chi connectivity index (χ2v) is 7.24. The molecule has 0 saturated heterocycles. The Balaban J connectivity index is 0.00000154. The number of hydrogen-bond acceptors (Lipinski definition) is 3. The summed E-state index contributed by atoms with van der Waals surface area (Å²) in [6.45, 7) is 16.5. The fourth-order valence-corrected chi connectivity index (χ4v) is 3.59. The molecule has 30 heavy (non-hydrogen) atoms. The number of rotatable bonds is 10. The van der Waals surface area contributed by atoms with Crippen molar-refractivity contribution in [3.8, 4) is 0 Å². The third-order valence-corrected chi connectivity index (χ3v) is 5.15. The van der Waals surface area contributed by atoms with E-state index in [0.717, 1.165) is 36.3 Å². The number of unbranched alkanes of at least 4 members (excludes halogenated alkanes) is 2. The molecular weight excluding hydrogens is 386 g/mol. The Morgan fingerprint density at radius 1 is 1.17 bits per heavy atom. The van der Waals surface area contributed by atoms with Crippen LogP contribution in [-0.2, 0) is 0 Å². The van der Waals surface area contributed by atoms with E-state index >= 15 is 0 Å². The molecule has 0 amide bonds. The molecule has 1 aliphatic carbocycles. The van der Waals surface area contributed by atoms with Crippen LogP contribution < -0.4 is 5.32 Å². The van der Waals surface area contributed by atoms with Crippen molar-refractivity contribution < 1.29 is 5.11 Å². The summed E-state index contributed by atoms with van der Waals surface area (Å²) in [5.41, 5.74) is 5.06. The Morgan fingerprint density at radius 2 is 1.80 bits per heavy atom. The molecule has 0 spiro atoms. The largest absolute Gasteiger partial charge is 0.516 e. The lowest BCUT2D eigenvalue weighted by Gasteiger charge is -2.10. The van der Waals surface area contributed by atoms with Gasteiger partial charge in [0.05, 0.1) is 6.26 Å². The fourth-order valence-electron chi connectivity index (χ4n) is 3.15. The number of aliphatic hydroxyl groups is 1. The molecule has 0 radical (unpaired) electrons. The minimum Gasteiger partial charge on any atom is -0.516 e. The van der Waals surface area contributed by atoms with Gasteiger partial charge in [-0.1, -0.05) is 102 Å². The van der Waals surface area contributed by atoms with Crippen molar-refractivity contribution >= 4 is 12.6 Å². The maximum absolute atomic E-state index is 7.33. The molecule has 1 aromatic carbocycles. The molecule has 3 heteroatoms. The van der Waals surface area contributed by atoms with Gasteiger partial charge in [-0.2, -0.15) is 0 Å². The van der Waals surface area contributed by atoms with Crippen molar-refractivity contribution in [1.82, 2.24) is 5.32 Å². The zero-order valence-electron chi connectivity index (χ0n) is 19.3. The van der Waals surface area contributed by atoms with E-state index < -0.39 is 0 Å². The highest BCUT2D eigenvalue weighted by atomic mass is 32.1. The summed E-state index contributed by atoms with van der Waals surface area (Å²) in [6.07, 6.45) is 13.2. The SMILES string of the molecule is C=C(C/C=C/C1=C(S)C(c2ccccc2)C=C1CC)NCCCCC.C=CO.CC. The van der Waals surface area contributed by atoms with Gasteiger partial charge in [0.2, 0.25) is 0 Å². The predicted molar refractivity (Wildman–Crippen MR) is 138 cm³/mol. The van der Waals surface area contributed by atoms with Crippen molar-refractivity contribution in [2.24, 2.45) is 0 Å². The van der Waals surface area contributed by atoms with E-state index in [-0.39, 0.29) is 5.92 Å². The zero-order chi connectivity index (χ0) is 22.8. The van der Waals surface area contributed by atoms with Crippen LogP contribution in [0, 0.1) is 0 Å². The van der Waals surface area contributed by atoms with Crippen LogP contribution in [-0.4, -0.2) is 11.7 Å². The van der Waals surface area contributed by atoms with Gasteiger partial charge in [-0.05, 0) is 29.6 Å². The molecule has 2 nitrogen and oxygen atoms in total. The third kappa shape index (κ3) is 10.1. The maximum atomic E-state index is 7.33. The summed E-state index contributed by atoms with van der Waals surface area (Å²) in [5, 5.41) is 10.8. The van der Waals surface area contributed by atoms with Gasteiger partial charge < -0.3 is 10.4 Å². The normalized spacial score (nSPS) is 15.0. The molecule has 0 bridgehead atoms. The van der Waals surface area contributed by atoms with Crippen LogP contribution >= 0.6 is 12.6 Å². The molecule has 2 rings (SSSR count). The van der Waals surface area contributed by atoms with E-state index in [4.69, 9.17) is 17.7 Å². The number of benzene rings is 1. The first kappa shape index (κ1) is 27.9. The van der Waals surface area contributed by atoms with E-state index in [1.165, 1.54) is 36.0 Å². The number of allylic oxidation sites excluding steroid dienone is 6. The number of aliphatic hydroxyl groups excluding tert-OH is 1. The van der Waals surface area contributed by atoms with Crippen LogP contribution in [0.25, 0.3) is 0 Å². The van der Waals surface area contributed by atoms with Gasteiger partial charge in [-0.3, -0.25) is 0 Å². The summed E-state index contributed by atoms with van der Waals surface area (Å²) in [6, 6.07) is 10.6. The Hall–Kier alpha value is -2.13. The highest BCUT2D eigenvalue weighted by molar-refractivity contribution is 7.84. The molecule has 2 N–H and O–H groups in total. The minimum atomic E-state index is 0.287. The predicted octanol–water partition coefficient (Wildman–Crippen LogP) is 8.26. The quantitative estimate of drug-likeness (QED) is 0.199. The first-order chi connectivity index (χ1) is 14.6. The van der Waals surface area contributed by atoms with E-state index in [0.29, 0.717) is 0 Å². The van der Waals surface area contributed by atoms with Crippen molar-refractivity contribution in [1.29, 1.82) is 0 Å². The van der Waals surface area contributed by atoms with Gasteiger partial charge in [-0.25, -0.2) is 0 Å². The van der Waals surface area contributed by atoms with Crippen LogP contribution in [0.2, 0.25) is 0 Å². The highest BCUT2D eigenvalue weighted by Gasteiger charge is 2.22. The first-order valence-electron chi connectivity index (χ1n) is 11.1. The van der Waals surface area contributed by atoms with Crippen molar-refractivity contribution in [3.63, 3.8) is 0 Å². The number of thiol groups is 1. The lowest BCUT2D eigenvalue weighted by Crippen LogP contribution is -2.13. The summed E-state index contributed by atoms with van der Waals surface area (Å²) >= 11 is 4.85. The van der Waals surface area contributed by atoms with Crippen LogP contribution in [0.4, 0.5) is 0 Å². The van der Waals surface area contributed by atoms with Gasteiger partial charge in [-0.15, -0.1) is 12.6 Å². The van der Waals surface area contributed by atoms with E-state index in [9.17, 15) is 0 Å². The maximum Gasteiger partial charge on any atom is 0.0719 e. The second-order valence-electron chi connectivity index (χ2n) is 6.76. The number of hydrogen-bond donors (Lipinski definition) is 3. The first-order valence-corrected chi connectivity index (χ1v) is 11.6. The molecule has 1 unspecified atom stereocenters. The average Bonchev–Trinajstić information content (AvgIpc) is 3.09. The zero-order valence-corrected chi connectivity index (χ0v) is 20.2. The van der Waals surface area contributed by atoms with Gasteiger partial charge in [0.15, 0.2) is 0 Å².